The minimum atomic E-state index is -0.448. The molecule has 0 aliphatic rings. The van der Waals surface area contributed by atoms with E-state index < -0.39 is 5.97 Å². The Morgan fingerprint density at radius 1 is 0.917 bits per heavy atom. The largest absolute Gasteiger partial charge is 0.493 e. The highest BCUT2D eigenvalue weighted by Gasteiger charge is 2.09. The molecular formula is C20H24O4. The summed E-state index contributed by atoms with van der Waals surface area (Å²) in [4.78, 5) is 23.3. The molecule has 2 aromatic rings. The van der Waals surface area contributed by atoms with Crippen LogP contribution in [0.2, 0.25) is 0 Å². The Morgan fingerprint density at radius 3 is 2.17 bits per heavy atom. The van der Waals surface area contributed by atoms with E-state index in [1.54, 1.807) is 24.3 Å². The van der Waals surface area contributed by atoms with Crippen molar-refractivity contribution in [3.05, 3.63) is 65.7 Å². The molecule has 0 radical (unpaired) electrons. The van der Waals surface area contributed by atoms with E-state index in [2.05, 4.69) is 0 Å². The number of benzene rings is 2. The quantitative estimate of drug-likeness (QED) is 0.564. The molecule has 0 spiro atoms. The van der Waals surface area contributed by atoms with Gasteiger partial charge in [0, 0.05) is 5.56 Å². The Kier molecular flexibility index (Phi) is 8.90. The minimum Gasteiger partial charge on any atom is -0.493 e. The van der Waals surface area contributed by atoms with Crippen LogP contribution in [-0.4, -0.2) is 25.0 Å². The Morgan fingerprint density at radius 2 is 1.54 bits per heavy atom. The maximum absolute atomic E-state index is 11.8. The second-order valence-electron chi connectivity index (χ2n) is 4.86. The van der Waals surface area contributed by atoms with Crippen LogP contribution in [0.5, 0.6) is 5.75 Å². The third kappa shape index (κ3) is 7.09. The first-order chi connectivity index (χ1) is 11.6. The number of rotatable bonds is 7. The van der Waals surface area contributed by atoms with Crippen LogP contribution < -0.4 is 4.74 Å². The van der Waals surface area contributed by atoms with E-state index in [1.807, 2.05) is 51.1 Å². The fourth-order valence-electron chi connectivity index (χ4n) is 1.81. The van der Waals surface area contributed by atoms with Crippen LogP contribution in [0.3, 0.4) is 0 Å². The van der Waals surface area contributed by atoms with Crippen LogP contribution in [0.25, 0.3) is 0 Å². The number of ketones is 1. The van der Waals surface area contributed by atoms with Gasteiger partial charge in [-0.05, 0) is 19.1 Å². The predicted molar refractivity (Wildman–Crippen MR) is 94.4 cm³/mol. The molecule has 0 saturated heterocycles. The van der Waals surface area contributed by atoms with Gasteiger partial charge in [-0.25, -0.2) is 0 Å². The summed E-state index contributed by atoms with van der Waals surface area (Å²) in [6.45, 7) is 5.97. The maximum atomic E-state index is 11.8. The van der Waals surface area contributed by atoms with Crippen molar-refractivity contribution < 1.29 is 19.1 Å². The van der Waals surface area contributed by atoms with Crippen LogP contribution in [-0.2, 0) is 9.53 Å². The summed E-state index contributed by atoms with van der Waals surface area (Å²) in [7, 11) is 0. The van der Waals surface area contributed by atoms with Crippen molar-refractivity contribution in [2.45, 2.75) is 27.2 Å². The molecule has 0 atom stereocenters. The van der Waals surface area contributed by atoms with E-state index in [4.69, 9.17) is 9.47 Å². The molecule has 0 unspecified atom stereocenters. The minimum absolute atomic E-state index is 0.107. The Labute approximate surface area is 143 Å². The molecule has 2 aromatic carbocycles. The van der Waals surface area contributed by atoms with Crippen LogP contribution >= 0.6 is 0 Å². The lowest BCUT2D eigenvalue weighted by Gasteiger charge is -2.07. The second-order valence-corrected chi connectivity index (χ2v) is 4.86. The summed E-state index contributed by atoms with van der Waals surface area (Å²) in [5, 5.41) is 0. The van der Waals surface area contributed by atoms with Gasteiger partial charge in [-0.15, -0.1) is 0 Å². The van der Waals surface area contributed by atoms with Crippen molar-refractivity contribution >= 4 is 11.8 Å². The fraction of sp³-hybridized carbons (Fsp3) is 0.300. The average Bonchev–Trinajstić information content (AvgIpc) is 2.64. The van der Waals surface area contributed by atoms with E-state index in [1.165, 1.54) is 0 Å². The molecule has 2 rings (SSSR count). The molecule has 0 heterocycles. The number of carbonyl (C=O) groups is 2. The monoisotopic (exact) mass is 328 g/mol. The highest BCUT2D eigenvalue weighted by molar-refractivity contribution is 5.97. The zero-order valence-corrected chi connectivity index (χ0v) is 14.5. The lowest BCUT2D eigenvalue weighted by Crippen LogP contribution is -2.16. The standard InChI is InChI=1S/C18H18O4.C2H6/c1-14-7-9-16(10-8-14)21-12-11-18(20)22-13-17(19)15-5-3-2-4-6-15;1-2/h2-10H,11-13H2,1H3;1-2H3. The van der Waals surface area contributed by atoms with Crippen molar-refractivity contribution in [1.29, 1.82) is 0 Å². The molecule has 0 N–H and O–H groups in total. The van der Waals surface area contributed by atoms with E-state index >= 15 is 0 Å². The highest BCUT2D eigenvalue weighted by atomic mass is 16.5. The predicted octanol–water partition coefficient (Wildman–Crippen LogP) is 4.22. The molecule has 0 amide bonds. The van der Waals surface area contributed by atoms with E-state index in [0.717, 1.165) is 5.56 Å². The summed E-state index contributed by atoms with van der Waals surface area (Å²) in [6.07, 6.45) is 0.107. The molecule has 0 bridgehead atoms. The van der Waals surface area contributed by atoms with Gasteiger partial charge in [0.2, 0.25) is 0 Å². The van der Waals surface area contributed by atoms with Gasteiger partial charge in [-0.3, -0.25) is 9.59 Å². The Balaban J connectivity index is 0.00000139. The van der Waals surface area contributed by atoms with Gasteiger partial charge in [0.1, 0.15) is 5.75 Å². The van der Waals surface area contributed by atoms with Gasteiger partial charge in [0.15, 0.2) is 12.4 Å². The zero-order chi connectivity index (χ0) is 17.8. The average molecular weight is 328 g/mol. The summed E-state index contributed by atoms with van der Waals surface area (Å²) < 4.78 is 10.4. The van der Waals surface area contributed by atoms with Crippen LogP contribution in [0.4, 0.5) is 0 Å². The lowest BCUT2D eigenvalue weighted by atomic mass is 10.1. The molecule has 4 nitrogen and oxygen atoms in total. The van der Waals surface area contributed by atoms with Crippen LogP contribution in [0.1, 0.15) is 36.2 Å². The Bertz CT molecular complexity index is 618. The topological polar surface area (TPSA) is 52.6 Å². The zero-order valence-electron chi connectivity index (χ0n) is 14.5. The number of Topliss-reactive ketones (excluding diaryl/α,β-unsaturated/α-hetero) is 1. The van der Waals surface area contributed by atoms with Gasteiger partial charge >= 0.3 is 5.97 Å². The number of carbonyl (C=O) groups excluding carboxylic acids is 2. The van der Waals surface area contributed by atoms with Gasteiger partial charge in [0.25, 0.3) is 0 Å². The first-order valence-electron chi connectivity index (χ1n) is 8.08. The van der Waals surface area contributed by atoms with Gasteiger partial charge in [-0.1, -0.05) is 61.9 Å². The van der Waals surface area contributed by atoms with Crippen molar-refractivity contribution in [2.24, 2.45) is 0 Å². The molecule has 24 heavy (non-hydrogen) atoms. The third-order valence-corrected chi connectivity index (χ3v) is 3.06. The molecule has 4 heteroatoms. The van der Waals surface area contributed by atoms with Crippen LogP contribution in [0, 0.1) is 6.92 Å². The van der Waals surface area contributed by atoms with E-state index in [0.29, 0.717) is 11.3 Å². The smallest absolute Gasteiger partial charge is 0.309 e. The summed E-state index contributed by atoms with van der Waals surface area (Å²) >= 11 is 0. The van der Waals surface area contributed by atoms with Gasteiger partial charge in [-0.2, -0.15) is 0 Å². The first kappa shape index (κ1) is 19.4. The fourth-order valence-corrected chi connectivity index (χ4v) is 1.81. The molecule has 0 aliphatic carbocycles. The number of ether oxygens (including phenoxy) is 2. The van der Waals surface area contributed by atoms with Crippen molar-refractivity contribution in [1.82, 2.24) is 0 Å². The summed E-state index contributed by atoms with van der Waals surface area (Å²) in [5.74, 6) is 0.0450. The number of aryl methyl sites for hydroxylation is 1. The Hall–Kier alpha value is -2.62. The summed E-state index contributed by atoms with van der Waals surface area (Å²) in [5.41, 5.74) is 1.68. The molecule has 0 fully saturated rings. The lowest BCUT2D eigenvalue weighted by molar-refractivity contribution is -0.143. The highest BCUT2D eigenvalue weighted by Crippen LogP contribution is 2.11. The normalized spacial score (nSPS) is 9.46. The molecule has 0 saturated carbocycles. The van der Waals surface area contributed by atoms with Gasteiger partial charge in [0.05, 0.1) is 13.0 Å². The number of hydrogen-bond donors (Lipinski definition) is 0. The molecular weight excluding hydrogens is 304 g/mol. The van der Waals surface area contributed by atoms with Crippen LogP contribution in [0.15, 0.2) is 54.6 Å². The summed E-state index contributed by atoms with van der Waals surface area (Å²) in [6, 6.07) is 16.3. The third-order valence-electron chi connectivity index (χ3n) is 3.06. The van der Waals surface area contributed by atoms with Crippen molar-refractivity contribution in [3.63, 3.8) is 0 Å². The van der Waals surface area contributed by atoms with E-state index in [9.17, 15) is 9.59 Å². The maximum Gasteiger partial charge on any atom is 0.309 e. The SMILES string of the molecule is CC.Cc1ccc(OCCC(=O)OCC(=O)c2ccccc2)cc1. The second kappa shape index (κ2) is 11.0. The molecule has 0 aromatic heterocycles. The molecule has 128 valence electrons. The van der Waals surface area contributed by atoms with Crippen molar-refractivity contribution in [3.8, 4) is 5.75 Å². The van der Waals surface area contributed by atoms with Gasteiger partial charge < -0.3 is 9.47 Å². The number of esters is 1. The first-order valence-corrected chi connectivity index (χ1v) is 8.08. The van der Waals surface area contributed by atoms with Crippen molar-refractivity contribution in [2.75, 3.05) is 13.2 Å². The number of hydrogen-bond acceptors (Lipinski definition) is 4. The van der Waals surface area contributed by atoms with E-state index in [-0.39, 0.29) is 25.4 Å². The molecule has 0 aliphatic heterocycles.